The number of rotatable bonds is 3. The van der Waals surface area contributed by atoms with Crippen molar-refractivity contribution < 1.29 is 4.79 Å². The fourth-order valence-corrected chi connectivity index (χ4v) is 4.03. The fourth-order valence-electron chi connectivity index (χ4n) is 2.75. The number of thiazole rings is 1. The Balaban J connectivity index is 1.68. The number of fused-ring (bicyclic) bond motifs is 1. The molecule has 0 fully saturated rings. The van der Waals surface area contributed by atoms with Crippen LogP contribution < -0.4 is 5.32 Å². The van der Waals surface area contributed by atoms with Gasteiger partial charge in [-0.1, -0.05) is 35.9 Å². The van der Waals surface area contributed by atoms with Gasteiger partial charge in [0, 0.05) is 17.1 Å². The first-order valence-corrected chi connectivity index (χ1v) is 9.20. The quantitative estimate of drug-likeness (QED) is 0.506. The average molecular weight is 380 g/mol. The first-order chi connectivity index (χ1) is 12.6. The van der Waals surface area contributed by atoms with Gasteiger partial charge in [0.05, 0.1) is 21.9 Å². The molecule has 0 saturated heterocycles. The highest BCUT2D eigenvalue weighted by atomic mass is 35.5. The minimum Gasteiger partial charge on any atom is -0.321 e. The van der Waals surface area contributed by atoms with Gasteiger partial charge >= 0.3 is 0 Å². The molecule has 4 rings (SSSR count). The minimum absolute atomic E-state index is 0.186. The molecule has 2 aromatic carbocycles. The molecule has 4 aromatic rings. The van der Waals surface area contributed by atoms with Crippen molar-refractivity contribution in [1.82, 2.24) is 9.97 Å². The summed E-state index contributed by atoms with van der Waals surface area (Å²) in [6.07, 6.45) is 1.73. The van der Waals surface area contributed by atoms with Crippen LogP contribution in [0.2, 0.25) is 5.02 Å². The van der Waals surface area contributed by atoms with Crippen molar-refractivity contribution in [2.75, 3.05) is 5.32 Å². The van der Waals surface area contributed by atoms with Crippen molar-refractivity contribution in [3.63, 3.8) is 0 Å². The zero-order chi connectivity index (χ0) is 18.1. The Morgan fingerprint density at radius 1 is 1.08 bits per heavy atom. The van der Waals surface area contributed by atoms with E-state index in [-0.39, 0.29) is 5.91 Å². The lowest BCUT2D eigenvalue weighted by Gasteiger charge is -2.07. The van der Waals surface area contributed by atoms with Gasteiger partial charge in [0.25, 0.3) is 5.91 Å². The van der Waals surface area contributed by atoms with Gasteiger partial charge in [0.1, 0.15) is 9.88 Å². The van der Waals surface area contributed by atoms with E-state index in [1.54, 1.807) is 6.20 Å². The molecule has 128 valence electrons. The fraction of sp³-hybridized carbons (Fsp3) is 0.0500. The molecule has 0 spiro atoms. The van der Waals surface area contributed by atoms with Gasteiger partial charge in [-0.3, -0.25) is 9.78 Å². The van der Waals surface area contributed by atoms with Crippen molar-refractivity contribution in [2.45, 2.75) is 6.92 Å². The number of aryl methyl sites for hydroxylation is 1. The lowest BCUT2D eigenvalue weighted by Crippen LogP contribution is -2.11. The summed E-state index contributed by atoms with van der Waals surface area (Å²) in [6.45, 7) is 1.83. The zero-order valence-corrected chi connectivity index (χ0v) is 15.4. The molecule has 2 aromatic heterocycles. The third-order valence-corrected chi connectivity index (χ3v) is 5.52. The number of nitrogens with zero attached hydrogens (tertiary/aromatic N) is 2. The van der Waals surface area contributed by atoms with Crippen LogP contribution in [0.15, 0.2) is 60.8 Å². The number of halogens is 1. The van der Waals surface area contributed by atoms with Crippen LogP contribution in [0.5, 0.6) is 0 Å². The van der Waals surface area contributed by atoms with Crippen LogP contribution >= 0.6 is 22.9 Å². The predicted molar refractivity (Wildman–Crippen MR) is 107 cm³/mol. The smallest absolute Gasteiger partial charge is 0.267 e. The lowest BCUT2D eigenvalue weighted by atomic mass is 10.2. The van der Waals surface area contributed by atoms with E-state index in [2.05, 4.69) is 15.3 Å². The molecule has 0 bridgehead atoms. The molecule has 6 heteroatoms. The summed E-state index contributed by atoms with van der Waals surface area (Å²) >= 11 is 7.59. The number of anilines is 1. The Bertz CT molecular complexity index is 1120. The second-order valence-corrected chi connectivity index (χ2v) is 7.15. The number of aromatic nitrogens is 2. The van der Waals surface area contributed by atoms with Crippen molar-refractivity contribution >= 4 is 45.4 Å². The summed E-state index contributed by atoms with van der Waals surface area (Å²) in [5.41, 5.74) is 3.08. The minimum atomic E-state index is -0.186. The van der Waals surface area contributed by atoms with E-state index in [1.807, 2.05) is 61.5 Å². The van der Waals surface area contributed by atoms with Gasteiger partial charge in [0.2, 0.25) is 0 Å². The molecule has 1 amide bonds. The second kappa shape index (κ2) is 6.86. The van der Waals surface area contributed by atoms with Crippen LogP contribution in [0.3, 0.4) is 0 Å². The van der Waals surface area contributed by atoms with Crippen LogP contribution in [0.4, 0.5) is 5.69 Å². The van der Waals surface area contributed by atoms with Crippen molar-refractivity contribution in [2.24, 2.45) is 0 Å². The zero-order valence-electron chi connectivity index (χ0n) is 13.9. The van der Waals surface area contributed by atoms with E-state index >= 15 is 0 Å². The van der Waals surface area contributed by atoms with Gasteiger partial charge in [-0.15, -0.1) is 11.3 Å². The summed E-state index contributed by atoms with van der Waals surface area (Å²) in [7, 11) is 0. The highest BCUT2D eigenvalue weighted by Crippen LogP contribution is 2.33. The Kier molecular flexibility index (Phi) is 4.41. The lowest BCUT2D eigenvalue weighted by molar-refractivity contribution is 0.103. The van der Waals surface area contributed by atoms with E-state index in [1.165, 1.54) is 11.3 Å². The predicted octanol–water partition coefficient (Wildman–Crippen LogP) is 5.57. The van der Waals surface area contributed by atoms with Gasteiger partial charge in [0.15, 0.2) is 0 Å². The molecule has 0 atom stereocenters. The SMILES string of the molecule is Cc1nc(-c2ccccc2Cl)sc1C(=O)Nc1cccc2ncccc12. The summed E-state index contributed by atoms with van der Waals surface area (Å²) in [4.78, 5) is 22.2. The molecule has 0 aliphatic heterocycles. The van der Waals surface area contributed by atoms with E-state index < -0.39 is 0 Å². The van der Waals surface area contributed by atoms with Crippen LogP contribution in [0, 0.1) is 6.92 Å². The Hall–Kier alpha value is -2.76. The maximum absolute atomic E-state index is 12.8. The summed E-state index contributed by atoms with van der Waals surface area (Å²) < 4.78 is 0. The van der Waals surface area contributed by atoms with Gasteiger partial charge in [-0.25, -0.2) is 4.98 Å². The summed E-state index contributed by atoms with van der Waals surface area (Å²) in [6, 6.07) is 16.9. The molecule has 2 heterocycles. The maximum Gasteiger partial charge on any atom is 0.267 e. The van der Waals surface area contributed by atoms with Crippen molar-refractivity contribution in [3.8, 4) is 10.6 Å². The Morgan fingerprint density at radius 3 is 2.77 bits per heavy atom. The summed E-state index contributed by atoms with van der Waals surface area (Å²) in [5, 5.41) is 5.23. The monoisotopic (exact) mass is 379 g/mol. The topological polar surface area (TPSA) is 54.9 Å². The third kappa shape index (κ3) is 3.07. The average Bonchev–Trinajstić information content (AvgIpc) is 3.04. The molecule has 1 N–H and O–H groups in total. The standard InChI is InChI=1S/C20H14ClN3OS/c1-12-18(26-20(23-12)13-6-2-3-8-15(13)21)19(25)24-17-10-4-9-16-14(17)7-5-11-22-16/h2-11H,1H3,(H,24,25). The number of carbonyl (C=O) groups is 1. The number of hydrogen-bond donors (Lipinski definition) is 1. The normalized spacial score (nSPS) is 10.8. The highest BCUT2D eigenvalue weighted by molar-refractivity contribution is 7.17. The van der Waals surface area contributed by atoms with E-state index in [0.717, 1.165) is 27.2 Å². The van der Waals surface area contributed by atoms with Crippen LogP contribution in [-0.2, 0) is 0 Å². The molecule has 26 heavy (non-hydrogen) atoms. The molecule has 0 aliphatic rings. The molecule has 0 unspecified atom stereocenters. The number of benzene rings is 2. The number of pyridine rings is 1. The van der Waals surface area contributed by atoms with Crippen LogP contribution in [-0.4, -0.2) is 15.9 Å². The Labute approximate surface area is 159 Å². The molecule has 0 radical (unpaired) electrons. The molecular weight excluding hydrogens is 366 g/mol. The maximum atomic E-state index is 12.8. The largest absolute Gasteiger partial charge is 0.321 e. The third-order valence-electron chi connectivity index (χ3n) is 4.00. The first kappa shape index (κ1) is 16.7. The molecule has 0 saturated carbocycles. The van der Waals surface area contributed by atoms with Gasteiger partial charge < -0.3 is 5.32 Å². The first-order valence-electron chi connectivity index (χ1n) is 8.01. The summed E-state index contributed by atoms with van der Waals surface area (Å²) in [5.74, 6) is -0.186. The number of amides is 1. The van der Waals surface area contributed by atoms with E-state index in [9.17, 15) is 4.79 Å². The van der Waals surface area contributed by atoms with Crippen LogP contribution in [0.25, 0.3) is 21.5 Å². The van der Waals surface area contributed by atoms with Gasteiger partial charge in [-0.2, -0.15) is 0 Å². The Morgan fingerprint density at radius 2 is 1.92 bits per heavy atom. The number of nitrogens with one attached hydrogen (secondary N) is 1. The van der Waals surface area contributed by atoms with Crippen molar-refractivity contribution in [3.05, 3.63) is 76.4 Å². The molecule has 0 aliphatic carbocycles. The van der Waals surface area contributed by atoms with E-state index in [0.29, 0.717) is 15.6 Å². The molecule has 4 nitrogen and oxygen atoms in total. The van der Waals surface area contributed by atoms with Crippen molar-refractivity contribution in [1.29, 1.82) is 0 Å². The number of hydrogen-bond acceptors (Lipinski definition) is 4. The second-order valence-electron chi connectivity index (χ2n) is 5.74. The van der Waals surface area contributed by atoms with Crippen LogP contribution in [0.1, 0.15) is 15.4 Å². The van der Waals surface area contributed by atoms with Gasteiger partial charge in [-0.05, 0) is 37.3 Å². The number of carbonyl (C=O) groups excluding carboxylic acids is 1. The molecular formula is C20H14ClN3OS. The highest BCUT2D eigenvalue weighted by Gasteiger charge is 2.18. The van der Waals surface area contributed by atoms with E-state index in [4.69, 9.17) is 11.6 Å².